The van der Waals surface area contributed by atoms with Gasteiger partial charge in [-0.3, -0.25) is 5.32 Å². The van der Waals surface area contributed by atoms with E-state index in [0.717, 1.165) is 24.8 Å². The van der Waals surface area contributed by atoms with Crippen molar-refractivity contribution in [3.8, 4) is 0 Å². The molecule has 2 aliphatic carbocycles. The zero-order valence-corrected chi connectivity index (χ0v) is 8.74. The van der Waals surface area contributed by atoms with Crippen molar-refractivity contribution in [1.82, 2.24) is 5.32 Å². The van der Waals surface area contributed by atoms with Crippen LogP contribution >= 0.6 is 0 Å². The first kappa shape index (κ1) is 9.46. The monoisotopic (exact) mass is 211 g/mol. The Balaban J connectivity index is 1.68. The predicted octanol–water partition coefficient (Wildman–Crippen LogP) is 1.81. The van der Waals surface area contributed by atoms with Crippen molar-refractivity contribution < 1.29 is 14.6 Å². The summed E-state index contributed by atoms with van der Waals surface area (Å²) in [5.41, 5.74) is 0.364. The van der Waals surface area contributed by atoms with E-state index < -0.39 is 6.16 Å². The number of rotatable bonds is 1. The van der Waals surface area contributed by atoms with Gasteiger partial charge in [-0.05, 0) is 36.5 Å². The molecule has 1 aliphatic heterocycles. The Morgan fingerprint density at radius 2 is 2.27 bits per heavy atom. The van der Waals surface area contributed by atoms with Crippen LogP contribution in [0.5, 0.6) is 0 Å². The van der Waals surface area contributed by atoms with E-state index in [4.69, 9.17) is 9.84 Å². The smallest absolute Gasteiger partial charge is 0.450 e. The molecule has 0 aromatic carbocycles. The van der Waals surface area contributed by atoms with E-state index in [-0.39, 0.29) is 6.23 Å². The van der Waals surface area contributed by atoms with Crippen molar-refractivity contribution in [3.05, 3.63) is 0 Å². The van der Waals surface area contributed by atoms with E-state index in [0.29, 0.717) is 5.41 Å². The van der Waals surface area contributed by atoms with Gasteiger partial charge in [-0.15, -0.1) is 0 Å². The summed E-state index contributed by atoms with van der Waals surface area (Å²) in [6.45, 7) is 0.951. The fourth-order valence-electron chi connectivity index (χ4n) is 4.06. The van der Waals surface area contributed by atoms with E-state index >= 15 is 0 Å². The molecule has 3 rings (SSSR count). The first-order valence-electron chi connectivity index (χ1n) is 5.81. The second-order valence-corrected chi connectivity index (χ2v) is 5.40. The molecule has 0 aromatic rings. The number of carbonyl (C=O) groups is 1. The van der Waals surface area contributed by atoms with E-state index in [2.05, 4.69) is 5.32 Å². The van der Waals surface area contributed by atoms with E-state index in [1.165, 1.54) is 25.7 Å². The number of nitrogens with one attached hydrogen (secondary N) is 1. The van der Waals surface area contributed by atoms with Crippen LogP contribution in [0, 0.1) is 17.3 Å². The molecule has 0 aromatic heterocycles. The van der Waals surface area contributed by atoms with Crippen molar-refractivity contribution in [1.29, 1.82) is 0 Å². The number of ether oxygens (including phenoxy) is 1. The molecular formula is C11H17NO3. The molecule has 84 valence electrons. The molecule has 1 saturated heterocycles. The first-order valence-corrected chi connectivity index (χ1v) is 5.81. The maximum atomic E-state index is 10.5. The van der Waals surface area contributed by atoms with Gasteiger partial charge >= 0.3 is 6.16 Å². The van der Waals surface area contributed by atoms with Gasteiger partial charge in [-0.25, -0.2) is 4.79 Å². The van der Waals surface area contributed by atoms with Gasteiger partial charge in [0.15, 0.2) is 6.23 Å². The summed E-state index contributed by atoms with van der Waals surface area (Å²) >= 11 is 0. The third-order valence-electron chi connectivity index (χ3n) is 4.62. The van der Waals surface area contributed by atoms with Crippen LogP contribution in [0.4, 0.5) is 4.79 Å². The van der Waals surface area contributed by atoms with Crippen molar-refractivity contribution >= 4 is 6.16 Å². The standard InChI is InChI=1S/C11H17NO3/c13-10(14)15-9-5-11(6-12-9)4-7-1-2-8(11)3-7/h7-9,12H,1-6H2,(H,13,14). The number of hydrogen-bond acceptors (Lipinski definition) is 3. The second kappa shape index (κ2) is 3.11. The van der Waals surface area contributed by atoms with Crippen LogP contribution < -0.4 is 5.32 Å². The average molecular weight is 211 g/mol. The maximum Gasteiger partial charge on any atom is 0.507 e. The molecule has 3 aliphatic rings. The summed E-state index contributed by atoms with van der Waals surface area (Å²) in [6, 6.07) is 0. The molecule has 1 spiro atoms. The van der Waals surface area contributed by atoms with Gasteiger partial charge in [0.05, 0.1) is 0 Å². The Bertz CT molecular complexity index is 294. The van der Waals surface area contributed by atoms with Gasteiger partial charge in [0.25, 0.3) is 0 Å². The van der Waals surface area contributed by atoms with E-state index in [1.54, 1.807) is 0 Å². The molecule has 2 bridgehead atoms. The van der Waals surface area contributed by atoms with Gasteiger partial charge < -0.3 is 9.84 Å². The molecule has 4 heteroatoms. The lowest BCUT2D eigenvalue weighted by atomic mass is 9.72. The lowest BCUT2D eigenvalue weighted by Gasteiger charge is -2.32. The molecule has 15 heavy (non-hydrogen) atoms. The minimum Gasteiger partial charge on any atom is -0.450 e. The van der Waals surface area contributed by atoms with Crippen molar-refractivity contribution in [2.24, 2.45) is 17.3 Å². The van der Waals surface area contributed by atoms with E-state index in [1.807, 2.05) is 0 Å². The van der Waals surface area contributed by atoms with Gasteiger partial charge in [0, 0.05) is 13.0 Å². The lowest BCUT2D eigenvalue weighted by Crippen LogP contribution is -2.30. The topological polar surface area (TPSA) is 58.6 Å². The second-order valence-electron chi connectivity index (χ2n) is 5.40. The zero-order chi connectivity index (χ0) is 10.5. The number of fused-ring (bicyclic) bond motifs is 3. The van der Waals surface area contributed by atoms with Crippen LogP contribution in [0.2, 0.25) is 0 Å². The van der Waals surface area contributed by atoms with Crippen molar-refractivity contribution in [2.45, 2.75) is 38.3 Å². The Morgan fingerprint density at radius 1 is 1.40 bits per heavy atom. The van der Waals surface area contributed by atoms with Crippen LogP contribution in [0.1, 0.15) is 32.1 Å². The lowest BCUT2D eigenvalue weighted by molar-refractivity contribution is 0.0370. The Kier molecular flexibility index (Phi) is 1.96. The number of carboxylic acid groups (broad SMARTS) is 1. The van der Waals surface area contributed by atoms with E-state index in [9.17, 15) is 4.79 Å². The third kappa shape index (κ3) is 1.42. The normalized spacial score (nSPS) is 47.6. The zero-order valence-electron chi connectivity index (χ0n) is 8.74. The SMILES string of the molecule is O=C(O)OC1CC2(CN1)CC1CCC2C1. The minimum atomic E-state index is -1.16. The highest BCUT2D eigenvalue weighted by atomic mass is 16.7. The Morgan fingerprint density at radius 3 is 2.87 bits per heavy atom. The summed E-state index contributed by atoms with van der Waals surface area (Å²) in [6.07, 6.45) is 4.84. The van der Waals surface area contributed by atoms with Crippen LogP contribution in [0.3, 0.4) is 0 Å². The van der Waals surface area contributed by atoms with Crippen molar-refractivity contribution in [2.75, 3.05) is 6.54 Å². The molecule has 2 N–H and O–H groups in total. The minimum absolute atomic E-state index is 0.262. The van der Waals surface area contributed by atoms with Crippen LogP contribution in [0.25, 0.3) is 0 Å². The van der Waals surface area contributed by atoms with Gasteiger partial charge in [0.1, 0.15) is 0 Å². The molecule has 0 radical (unpaired) electrons. The summed E-state index contributed by atoms with van der Waals surface area (Å²) < 4.78 is 4.81. The highest BCUT2D eigenvalue weighted by molar-refractivity contribution is 5.57. The quantitative estimate of drug-likeness (QED) is 0.649. The van der Waals surface area contributed by atoms with Crippen LogP contribution in [-0.2, 0) is 4.74 Å². The highest BCUT2D eigenvalue weighted by Crippen LogP contribution is 2.59. The molecule has 3 fully saturated rings. The fourth-order valence-corrected chi connectivity index (χ4v) is 4.06. The maximum absolute atomic E-state index is 10.5. The highest BCUT2D eigenvalue weighted by Gasteiger charge is 2.54. The predicted molar refractivity (Wildman–Crippen MR) is 53.4 cm³/mol. The van der Waals surface area contributed by atoms with Crippen LogP contribution in [0.15, 0.2) is 0 Å². The Labute approximate surface area is 89.0 Å². The third-order valence-corrected chi connectivity index (χ3v) is 4.62. The molecule has 4 atom stereocenters. The average Bonchev–Trinajstić information content (AvgIpc) is 2.81. The van der Waals surface area contributed by atoms with Gasteiger partial charge in [0.2, 0.25) is 0 Å². The van der Waals surface area contributed by atoms with Gasteiger partial charge in [-0.1, -0.05) is 6.42 Å². The summed E-state index contributed by atoms with van der Waals surface area (Å²) in [7, 11) is 0. The molecule has 0 amide bonds. The molecule has 4 unspecified atom stereocenters. The molecule has 4 nitrogen and oxygen atoms in total. The first-order chi connectivity index (χ1) is 7.18. The molecule has 1 heterocycles. The summed E-state index contributed by atoms with van der Waals surface area (Å²) in [5, 5.41) is 11.8. The van der Waals surface area contributed by atoms with Crippen molar-refractivity contribution in [3.63, 3.8) is 0 Å². The number of hydrogen-bond donors (Lipinski definition) is 2. The summed E-state index contributed by atoms with van der Waals surface area (Å²) in [4.78, 5) is 10.5. The molecular weight excluding hydrogens is 194 g/mol. The molecule has 2 saturated carbocycles. The van der Waals surface area contributed by atoms with Crippen LogP contribution in [-0.4, -0.2) is 24.0 Å². The van der Waals surface area contributed by atoms with Gasteiger partial charge in [-0.2, -0.15) is 0 Å². The fraction of sp³-hybridized carbons (Fsp3) is 0.909. The largest absolute Gasteiger partial charge is 0.507 e. The Hall–Kier alpha value is -0.770. The summed E-state index contributed by atoms with van der Waals surface area (Å²) in [5.74, 6) is 1.72.